The number of hydrogen-bond donors (Lipinski definition) is 4. The van der Waals surface area contributed by atoms with Crippen LogP contribution in [-0.2, 0) is 29.4 Å². The van der Waals surface area contributed by atoms with Gasteiger partial charge in [0, 0.05) is 36.1 Å². The van der Waals surface area contributed by atoms with Crippen LogP contribution in [0.25, 0.3) is 22.0 Å². The second-order valence-electron chi connectivity index (χ2n) is 8.53. The number of hydrogen-bond acceptors (Lipinski definition) is 5. The summed E-state index contributed by atoms with van der Waals surface area (Å²) in [4.78, 5) is 3.28. The molecule has 0 unspecified atom stereocenters. The first-order valence-electron chi connectivity index (χ1n) is 11.3. The van der Waals surface area contributed by atoms with Gasteiger partial charge in [-0.15, -0.1) is 0 Å². The number of para-hydroxylation sites is 1. The number of H-pyrrole nitrogens is 1. The molecule has 0 radical (unpaired) electrons. The third-order valence-electron chi connectivity index (χ3n) is 6.22. The van der Waals surface area contributed by atoms with Gasteiger partial charge >= 0.3 is 0 Å². The Labute approximate surface area is 198 Å². The Hall–Kier alpha value is -3.17. The Bertz CT molecular complexity index is 1450. The average Bonchev–Trinajstić information content (AvgIpc) is 3.50. The molecule has 7 nitrogen and oxygen atoms in total. The van der Waals surface area contributed by atoms with E-state index < -0.39 is 16.1 Å². The third kappa shape index (κ3) is 4.33. The Morgan fingerprint density at radius 3 is 2.76 bits per heavy atom. The molecule has 34 heavy (non-hydrogen) atoms. The van der Waals surface area contributed by atoms with Crippen molar-refractivity contribution in [3.63, 3.8) is 0 Å². The zero-order valence-electron chi connectivity index (χ0n) is 18.6. The number of aromatic nitrogens is 1. The van der Waals surface area contributed by atoms with E-state index in [0.29, 0.717) is 31.7 Å². The minimum absolute atomic E-state index is 0.0908. The van der Waals surface area contributed by atoms with Gasteiger partial charge in [-0.25, -0.2) is 13.1 Å². The highest BCUT2D eigenvalue weighted by atomic mass is 32.2. The van der Waals surface area contributed by atoms with Crippen LogP contribution < -0.4 is 15.2 Å². The van der Waals surface area contributed by atoms with E-state index in [-0.39, 0.29) is 11.5 Å². The van der Waals surface area contributed by atoms with Gasteiger partial charge in [-0.3, -0.25) is 0 Å². The smallest absolute Gasteiger partial charge is 0.244 e. The molecule has 5 rings (SSSR count). The fourth-order valence-electron chi connectivity index (χ4n) is 4.51. The van der Waals surface area contributed by atoms with Crippen LogP contribution in [-0.4, -0.2) is 37.8 Å². The molecule has 8 heteroatoms. The van der Waals surface area contributed by atoms with Crippen LogP contribution in [0.5, 0.6) is 5.75 Å². The Balaban J connectivity index is 1.48. The Morgan fingerprint density at radius 2 is 1.94 bits per heavy atom. The summed E-state index contributed by atoms with van der Waals surface area (Å²) >= 11 is 0. The van der Waals surface area contributed by atoms with Gasteiger partial charge in [0.2, 0.25) is 10.0 Å². The number of aliphatic hydroxyl groups is 1. The number of nitrogens with two attached hydrogens (primary N) is 1. The zero-order valence-corrected chi connectivity index (χ0v) is 19.4. The van der Waals surface area contributed by atoms with Crippen molar-refractivity contribution in [1.29, 1.82) is 0 Å². The lowest BCUT2D eigenvalue weighted by Gasteiger charge is -2.18. The summed E-state index contributed by atoms with van der Waals surface area (Å²) in [6, 6.07) is 18.5. The van der Waals surface area contributed by atoms with E-state index in [1.807, 2.05) is 60.8 Å². The summed E-state index contributed by atoms with van der Waals surface area (Å²) in [6.45, 7) is 0.504. The van der Waals surface area contributed by atoms with E-state index in [1.54, 1.807) is 6.07 Å². The number of rotatable bonds is 8. The molecule has 0 amide bonds. The summed E-state index contributed by atoms with van der Waals surface area (Å²) < 4.78 is 35.5. The molecule has 1 aliphatic rings. The lowest BCUT2D eigenvalue weighted by molar-refractivity contribution is 0.256. The van der Waals surface area contributed by atoms with Crippen molar-refractivity contribution in [2.45, 2.75) is 30.3 Å². The highest BCUT2D eigenvalue weighted by molar-refractivity contribution is 7.89. The van der Waals surface area contributed by atoms with E-state index in [4.69, 9.17) is 10.5 Å². The topological polar surface area (TPSA) is 117 Å². The maximum atomic E-state index is 13.5. The zero-order chi connectivity index (χ0) is 23.7. The van der Waals surface area contributed by atoms with Gasteiger partial charge in [-0.1, -0.05) is 36.4 Å². The maximum Gasteiger partial charge on any atom is 0.244 e. The second kappa shape index (κ2) is 9.23. The van der Waals surface area contributed by atoms with E-state index in [9.17, 15) is 13.5 Å². The number of fused-ring (bicyclic) bond motifs is 2. The predicted molar refractivity (Wildman–Crippen MR) is 132 cm³/mol. The van der Waals surface area contributed by atoms with Gasteiger partial charge in [0.05, 0.1) is 13.2 Å². The van der Waals surface area contributed by atoms with E-state index in [2.05, 4.69) is 9.71 Å². The highest BCUT2D eigenvalue weighted by Gasteiger charge is 2.29. The number of aromatic amines is 1. The highest BCUT2D eigenvalue weighted by Crippen LogP contribution is 2.37. The van der Waals surface area contributed by atoms with Crippen molar-refractivity contribution in [2.75, 3.05) is 13.2 Å². The molecular weight excluding hydrogens is 450 g/mol. The molecule has 1 aliphatic heterocycles. The van der Waals surface area contributed by atoms with Gasteiger partial charge < -0.3 is 20.6 Å². The quantitative estimate of drug-likeness (QED) is 0.311. The Morgan fingerprint density at radius 1 is 1.09 bits per heavy atom. The molecule has 3 aromatic carbocycles. The first kappa shape index (κ1) is 22.6. The first-order chi connectivity index (χ1) is 16.5. The fourth-order valence-corrected chi connectivity index (χ4v) is 5.95. The molecule has 0 aliphatic carbocycles. The Kier molecular flexibility index (Phi) is 6.14. The lowest BCUT2D eigenvalue weighted by Crippen LogP contribution is -2.39. The van der Waals surface area contributed by atoms with Crippen LogP contribution in [0.1, 0.15) is 16.7 Å². The van der Waals surface area contributed by atoms with Crippen molar-refractivity contribution < 1.29 is 18.3 Å². The molecule has 0 spiro atoms. The van der Waals surface area contributed by atoms with E-state index >= 15 is 0 Å². The van der Waals surface area contributed by atoms with Crippen LogP contribution >= 0.6 is 0 Å². The summed E-state index contributed by atoms with van der Waals surface area (Å²) in [5.41, 5.74) is 11.2. The average molecular weight is 478 g/mol. The summed E-state index contributed by atoms with van der Waals surface area (Å²) in [5.74, 6) is 0.384. The minimum atomic E-state index is -3.97. The van der Waals surface area contributed by atoms with Crippen LogP contribution in [0.3, 0.4) is 0 Å². The molecule has 0 bridgehead atoms. The monoisotopic (exact) mass is 477 g/mol. The standard InChI is InChI=1S/C26H27N3O4S/c27-14-17-4-3-5-18(10-17)20-11-19-8-9-33-26(19)25(13-20)34(31,32)29-22(16-30)12-21-15-28-24-7-2-1-6-23(21)24/h1-7,10-11,13,15,22,28-30H,8-9,12,14,16,27H2/t22-/m1/s1. The van der Waals surface area contributed by atoms with Crippen molar-refractivity contribution >= 4 is 20.9 Å². The SMILES string of the molecule is NCc1cccc(-c2cc3c(c(S(=O)(=O)N[C@@H](CO)Cc4c[nH]c5ccccc45)c2)OCC3)c1. The van der Waals surface area contributed by atoms with Crippen LogP contribution in [0.15, 0.2) is 71.8 Å². The molecule has 1 atom stereocenters. The molecule has 2 heterocycles. The molecule has 0 saturated heterocycles. The van der Waals surface area contributed by atoms with Gasteiger partial charge in [0.1, 0.15) is 10.6 Å². The van der Waals surface area contributed by atoms with Crippen LogP contribution in [0.2, 0.25) is 0 Å². The number of sulfonamides is 1. The van der Waals surface area contributed by atoms with Crippen LogP contribution in [0.4, 0.5) is 0 Å². The summed E-state index contributed by atoms with van der Waals surface area (Å²) in [5, 5.41) is 11.0. The van der Waals surface area contributed by atoms with Gasteiger partial charge in [0.15, 0.2) is 0 Å². The summed E-state index contributed by atoms with van der Waals surface area (Å²) in [6.07, 6.45) is 2.84. The van der Waals surface area contributed by atoms with Crippen molar-refractivity contribution in [3.05, 3.63) is 83.6 Å². The van der Waals surface area contributed by atoms with Crippen molar-refractivity contribution in [2.24, 2.45) is 5.73 Å². The number of aliphatic hydroxyl groups excluding tert-OH is 1. The minimum Gasteiger partial charge on any atom is -0.492 e. The number of ether oxygens (including phenoxy) is 1. The number of nitrogens with one attached hydrogen (secondary N) is 2. The van der Waals surface area contributed by atoms with Gasteiger partial charge in [0.25, 0.3) is 0 Å². The molecule has 0 fully saturated rings. The molecule has 0 saturated carbocycles. The first-order valence-corrected chi connectivity index (χ1v) is 12.7. The normalized spacial score (nSPS) is 14.2. The molecule has 1 aromatic heterocycles. The van der Waals surface area contributed by atoms with E-state index in [1.165, 1.54) is 0 Å². The van der Waals surface area contributed by atoms with E-state index in [0.717, 1.165) is 38.7 Å². The lowest BCUT2D eigenvalue weighted by atomic mass is 10.00. The predicted octanol–water partition coefficient (Wildman–Crippen LogP) is 3.11. The fraction of sp³-hybridized carbons (Fsp3) is 0.231. The van der Waals surface area contributed by atoms with Crippen LogP contribution in [0, 0.1) is 0 Å². The largest absolute Gasteiger partial charge is 0.492 e. The van der Waals surface area contributed by atoms with Gasteiger partial charge in [-0.05, 0) is 58.5 Å². The molecule has 4 aromatic rings. The molecule has 5 N–H and O–H groups in total. The van der Waals surface area contributed by atoms with Crippen molar-refractivity contribution in [3.8, 4) is 16.9 Å². The van der Waals surface area contributed by atoms with Gasteiger partial charge in [-0.2, -0.15) is 0 Å². The summed E-state index contributed by atoms with van der Waals surface area (Å²) in [7, 11) is -3.97. The molecule has 176 valence electrons. The third-order valence-corrected chi connectivity index (χ3v) is 7.74. The number of benzene rings is 3. The van der Waals surface area contributed by atoms with Crippen molar-refractivity contribution in [1.82, 2.24) is 9.71 Å². The second-order valence-corrected chi connectivity index (χ2v) is 10.2. The molecular formula is C26H27N3O4S. The maximum absolute atomic E-state index is 13.5.